The maximum absolute atomic E-state index is 14.5. The molecular formula is C37H46N4O9. The van der Waals surface area contributed by atoms with E-state index in [1.54, 1.807) is 33.2 Å². The first-order valence-electron chi connectivity index (χ1n) is 16.4. The zero-order valence-electron chi connectivity index (χ0n) is 29.6. The van der Waals surface area contributed by atoms with Crippen LogP contribution in [0, 0.1) is 10.8 Å². The van der Waals surface area contributed by atoms with Crippen LogP contribution in [-0.4, -0.2) is 86.7 Å². The summed E-state index contributed by atoms with van der Waals surface area (Å²) in [6.45, 7) is 11.2. The number of amides is 3. The minimum atomic E-state index is -2.80. The predicted molar refractivity (Wildman–Crippen MR) is 185 cm³/mol. The molecule has 0 bridgehead atoms. The maximum Gasteiger partial charge on any atom is 0.315 e. The minimum absolute atomic E-state index is 0.0247. The van der Waals surface area contributed by atoms with E-state index in [0.29, 0.717) is 34.6 Å². The number of primary amides is 1. The van der Waals surface area contributed by atoms with Gasteiger partial charge < -0.3 is 41.5 Å². The highest BCUT2D eigenvalue weighted by atomic mass is 16.5. The summed E-state index contributed by atoms with van der Waals surface area (Å²) >= 11 is 0. The molecule has 13 heteroatoms. The van der Waals surface area contributed by atoms with Crippen LogP contribution in [-0.2, 0) is 27.3 Å². The number of phenolic OH excluding ortho intramolecular Hbond substituents is 1. The topological polar surface area (TPSA) is 212 Å². The number of phenols is 1. The Morgan fingerprint density at radius 2 is 1.74 bits per heavy atom. The molecule has 2 aromatic carbocycles. The van der Waals surface area contributed by atoms with Crippen molar-refractivity contribution in [1.29, 1.82) is 0 Å². The number of aliphatic hydroxyl groups is 3. The second-order valence-corrected chi connectivity index (χ2v) is 15.2. The van der Waals surface area contributed by atoms with Crippen molar-refractivity contribution in [3.63, 3.8) is 0 Å². The van der Waals surface area contributed by atoms with E-state index >= 15 is 0 Å². The van der Waals surface area contributed by atoms with Crippen LogP contribution in [0.5, 0.6) is 11.5 Å². The van der Waals surface area contributed by atoms with Crippen LogP contribution >= 0.6 is 0 Å². The number of nitrogens with two attached hydrogens (primary N) is 1. The number of benzene rings is 2. The van der Waals surface area contributed by atoms with E-state index in [1.807, 2.05) is 39.8 Å². The molecule has 3 aliphatic carbocycles. The minimum Gasteiger partial charge on any atom is -0.508 e. The highest BCUT2D eigenvalue weighted by Crippen LogP contribution is 2.63. The molecule has 2 aromatic rings. The van der Waals surface area contributed by atoms with Gasteiger partial charge in [-0.25, -0.2) is 4.79 Å². The highest BCUT2D eigenvalue weighted by Gasteiger charge is 2.72. The van der Waals surface area contributed by atoms with Gasteiger partial charge in [-0.2, -0.15) is 0 Å². The summed E-state index contributed by atoms with van der Waals surface area (Å²) in [6.07, 6.45) is -0.0126. The fourth-order valence-electron chi connectivity index (χ4n) is 8.33. The number of nitrogens with one attached hydrogen (secondary N) is 2. The Labute approximate surface area is 290 Å². The Morgan fingerprint density at radius 1 is 1.08 bits per heavy atom. The van der Waals surface area contributed by atoms with Gasteiger partial charge in [-0.1, -0.05) is 26.0 Å². The number of carbonyl (C=O) groups excluding carboxylic acids is 4. The zero-order chi connectivity index (χ0) is 37.3. The standard InChI is InChI=1S/C37H46N4O9/c1-9-50-23-13-10-18(14-19(23)16-39-33(48)40-34(2,3)4)20-11-12-22(42)24-21(20)15-35(5)17-36(6)29(41(7)8)28(44)25(32(38)47)30(45)37(36,49)31(46)26(35)27(24)43/h10-14,29,42-43,45,49H,9,15-17H2,1-8H3,(H2,38,47)(H2,39,40,48)/t29-,35+,36+,37-/m1/s1. The normalized spacial score (nSPS) is 26.3. The largest absolute Gasteiger partial charge is 0.508 e. The van der Waals surface area contributed by atoms with Crippen molar-refractivity contribution in [3.05, 3.63) is 63.9 Å². The summed E-state index contributed by atoms with van der Waals surface area (Å²) in [5.41, 5.74) is 0.625. The molecule has 0 aliphatic heterocycles. The summed E-state index contributed by atoms with van der Waals surface area (Å²) in [4.78, 5) is 54.7. The molecule has 0 saturated heterocycles. The van der Waals surface area contributed by atoms with Crippen molar-refractivity contribution in [2.45, 2.75) is 78.1 Å². The van der Waals surface area contributed by atoms with E-state index in [-0.39, 0.29) is 42.3 Å². The van der Waals surface area contributed by atoms with E-state index < -0.39 is 62.6 Å². The summed E-state index contributed by atoms with van der Waals surface area (Å²) in [5, 5.41) is 52.2. The third-order valence-electron chi connectivity index (χ3n) is 10.1. The first-order valence-corrected chi connectivity index (χ1v) is 16.4. The first-order chi connectivity index (χ1) is 23.1. The van der Waals surface area contributed by atoms with Gasteiger partial charge in [0.05, 0.1) is 18.2 Å². The molecule has 5 rings (SSSR count). The molecule has 0 radical (unpaired) electrons. The summed E-state index contributed by atoms with van der Waals surface area (Å²) < 4.78 is 5.84. The molecule has 3 aliphatic rings. The number of nitrogens with zero attached hydrogens (tertiary/aromatic N) is 1. The molecule has 4 atom stereocenters. The van der Waals surface area contributed by atoms with Crippen molar-refractivity contribution in [2.24, 2.45) is 16.6 Å². The predicted octanol–water partition coefficient (Wildman–Crippen LogP) is 3.41. The molecule has 50 heavy (non-hydrogen) atoms. The number of Topliss-reactive ketones (excluding diaryl/α,β-unsaturated/α-hetero) is 2. The van der Waals surface area contributed by atoms with E-state index in [2.05, 4.69) is 10.6 Å². The van der Waals surface area contributed by atoms with Crippen molar-refractivity contribution in [1.82, 2.24) is 15.5 Å². The van der Waals surface area contributed by atoms with E-state index in [4.69, 9.17) is 10.5 Å². The van der Waals surface area contributed by atoms with Crippen LogP contribution in [0.15, 0.2) is 47.2 Å². The Kier molecular flexibility index (Phi) is 8.86. The number of hydrogen-bond donors (Lipinski definition) is 7. The average Bonchev–Trinajstić information content (AvgIpc) is 2.97. The summed E-state index contributed by atoms with van der Waals surface area (Å²) in [5.74, 6) is -4.74. The zero-order valence-corrected chi connectivity index (χ0v) is 29.6. The quantitative estimate of drug-likeness (QED) is 0.210. The van der Waals surface area contributed by atoms with Crippen LogP contribution in [0.25, 0.3) is 16.9 Å². The van der Waals surface area contributed by atoms with Crippen LogP contribution in [0.4, 0.5) is 4.79 Å². The Bertz CT molecular complexity index is 1890. The molecular weight excluding hydrogens is 644 g/mol. The maximum atomic E-state index is 14.5. The van der Waals surface area contributed by atoms with Crippen molar-refractivity contribution >= 4 is 29.3 Å². The van der Waals surface area contributed by atoms with Crippen LogP contribution in [0.1, 0.15) is 64.7 Å². The van der Waals surface area contributed by atoms with Crippen LogP contribution in [0.3, 0.4) is 0 Å². The molecule has 268 valence electrons. The second kappa shape index (κ2) is 12.2. The van der Waals surface area contributed by atoms with E-state index in [0.717, 1.165) is 0 Å². The fraction of sp³-hybridized carbons (Fsp3) is 0.459. The van der Waals surface area contributed by atoms with E-state index in [1.165, 1.54) is 17.9 Å². The van der Waals surface area contributed by atoms with Gasteiger partial charge in [-0.3, -0.25) is 19.3 Å². The lowest BCUT2D eigenvalue weighted by Gasteiger charge is -2.59. The molecule has 0 heterocycles. The lowest BCUT2D eigenvalue weighted by molar-refractivity contribution is -0.176. The SMILES string of the molecule is CCOc1ccc(-c2ccc(O)c3c2C[C@@]2(C)C[C@@]4(C)[C@H](N(C)C)C(=O)C(C(N)=O)=C(O)[C@@]4(O)C(=O)C2=C3O)cc1CNC(=O)NC(C)(C)C. The van der Waals surface area contributed by atoms with Gasteiger partial charge >= 0.3 is 6.03 Å². The van der Waals surface area contributed by atoms with E-state index in [9.17, 15) is 39.6 Å². The number of ether oxygens (including phenoxy) is 1. The smallest absolute Gasteiger partial charge is 0.315 e. The van der Waals surface area contributed by atoms with Gasteiger partial charge in [0, 0.05) is 34.1 Å². The van der Waals surface area contributed by atoms with Gasteiger partial charge in [0.15, 0.2) is 11.4 Å². The van der Waals surface area contributed by atoms with Gasteiger partial charge in [0.25, 0.3) is 5.91 Å². The Balaban J connectivity index is 1.68. The molecule has 1 saturated carbocycles. The van der Waals surface area contributed by atoms with Gasteiger partial charge in [-0.05, 0) is 89.5 Å². The number of hydrogen-bond acceptors (Lipinski definition) is 10. The third-order valence-corrected chi connectivity index (χ3v) is 10.1. The lowest BCUT2D eigenvalue weighted by Crippen LogP contribution is -2.72. The number of aliphatic hydroxyl groups excluding tert-OH is 2. The van der Waals surface area contributed by atoms with Crippen molar-refractivity contribution in [3.8, 4) is 22.6 Å². The average molecular weight is 691 g/mol. The molecule has 0 aromatic heterocycles. The fourth-order valence-corrected chi connectivity index (χ4v) is 8.33. The first kappa shape index (κ1) is 36.4. The Hall–Kier alpha value is -4.88. The molecule has 3 amide bonds. The number of ketones is 2. The number of rotatable bonds is 7. The van der Waals surface area contributed by atoms with Crippen molar-refractivity contribution in [2.75, 3.05) is 20.7 Å². The summed E-state index contributed by atoms with van der Waals surface area (Å²) in [7, 11) is 3.12. The molecule has 13 nitrogen and oxygen atoms in total. The number of likely N-dealkylation sites (N-methyl/N-ethyl adjacent to an activating group) is 1. The van der Waals surface area contributed by atoms with Crippen LogP contribution in [0.2, 0.25) is 0 Å². The van der Waals surface area contributed by atoms with Gasteiger partial charge in [-0.15, -0.1) is 0 Å². The van der Waals surface area contributed by atoms with Gasteiger partial charge in [0.2, 0.25) is 5.78 Å². The molecule has 1 fully saturated rings. The number of urea groups is 1. The second-order valence-electron chi connectivity index (χ2n) is 15.2. The monoisotopic (exact) mass is 690 g/mol. The Morgan fingerprint density at radius 3 is 2.32 bits per heavy atom. The molecule has 0 unspecified atom stereocenters. The third kappa shape index (κ3) is 5.48. The number of fused-ring (bicyclic) bond motifs is 3. The van der Waals surface area contributed by atoms with Crippen LogP contribution < -0.4 is 21.1 Å². The van der Waals surface area contributed by atoms with Gasteiger partial charge in [0.1, 0.15) is 28.6 Å². The molecule has 0 spiro atoms. The summed E-state index contributed by atoms with van der Waals surface area (Å²) in [6, 6.07) is 6.89. The number of carbonyl (C=O) groups is 4. The number of aromatic hydroxyl groups is 1. The highest BCUT2D eigenvalue weighted by molar-refractivity contribution is 6.25. The molecule has 8 N–H and O–H groups in total. The lowest BCUT2D eigenvalue weighted by atomic mass is 9.46. The van der Waals surface area contributed by atoms with Crippen molar-refractivity contribution < 1.29 is 44.3 Å².